The van der Waals surface area contributed by atoms with E-state index in [1.54, 1.807) is 18.3 Å². The number of carbonyl (C=O) groups is 1. The minimum Gasteiger partial charge on any atom is -0.481 e. The second kappa shape index (κ2) is 7.92. The van der Waals surface area contributed by atoms with Gasteiger partial charge in [0.15, 0.2) is 0 Å². The average molecular weight is 348 g/mol. The molecular formula is C15H28N2O5S. The second-order valence-electron chi connectivity index (χ2n) is 6.68. The van der Waals surface area contributed by atoms with Gasteiger partial charge in [0.25, 0.3) is 10.2 Å². The maximum Gasteiger partial charge on any atom is 0.306 e. The van der Waals surface area contributed by atoms with Crippen molar-refractivity contribution in [2.24, 2.45) is 11.8 Å². The molecular weight excluding hydrogens is 320 g/mol. The predicted molar refractivity (Wildman–Crippen MR) is 86.2 cm³/mol. The number of carboxylic acids is 1. The molecule has 0 aromatic heterocycles. The summed E-state index contributed by atoms with van der Waals surface area (Å²) in [5.74, 6) is -0.853. The summed E-state index contributed by atoms with van der Waals surface area (Å²) < 4.78 is 33.8. The van der Waals surface area contributed by atoms with Crippen molar-refractivity contribution in [3.8, 4) is 0 Å². The Morgan fingerprint density at radius 3 is 2.35 bits per heavy atom. The van der Waals surface area contributed by atoms with Crippen molar-refractivity contribution in [1.29, 1.82) is 0 Å². The van der Waals surface area contributed by atoms with Crippen molar-refractivity contribution in [2.45, 2.75) is 45.1 Å². The Bertz CT molecular complexity index is 496. The van der Waals surface area contributed by atoms with E-state index in [4.69, 9.17) is 9.84 Å². The lowest BCUT2D eigenvalue weighted by atomic mass is 9.89. The number of hydrogen-bond acceptors (Lipinski definition) is 4. The number of ether oxygens (including phenoxy) is 1. The molecule has 7 nitrogen and oxygen atoms in total. The number of aliphatic carboxylic acids is 1. The van der Waals surface area contributed by atoms with Crippen LogP contribution >= 0.6 is 0 Å². The van der Waals surface area contributed by atoms with E-state index in [0.717, 1.165) is 25.7 Å². The van der Waals surface area contributed by atoms with E-state index in [1.807, 2.05) is 0 Å². The molecule has 0 spiro atoms. The third-order valence-corrected chi connectivity index (χ3v) is 7.12. The Kier molecular flexibility index (Phi) is 6.41. The summed E-state index contributed by atoms with van der Waals surface area (Å²) in [7, 11) is -1.78. The maximum atomic E-state index is 12.7. The van der Waals surface area contributed by atoms with Crippen molar-refractivity contribution in [1.82, 2.24) is 8.61 Å². The first kappa shape index (κ1) is 18.6. The van der Waals surface area contributed by atoms with Crippen LogP contribution in [0.25, 0.3) is 0 Å². The third-order valence-electron chi connectivity index (χ3n) is 5.08. The van der Waals surface area contributed by atoms with Gasteiger partial charge in [0, 0.05) is 39.4 Å². The lowest BCUT2D eigenvalue weighted by molar-refractivity contribution is -0.141. The number of nitrogens with zero attached hydrogens (tertiary/aromatic N) is 2. The first-order valence-corrected chi connectivity index (χ1v) is 9.75. The molecule has 0 bridgehead atoms. The second-order valence-corrected chi connectivity index (χ2v) is 8.67. The Morgan fingerprint density at radius 1 is 1.26 bits per heavy atom. The summed E-state index contributed by atoms with van der Waals surface area (Å²) in [6, 6.07) is 0.0125. The summed E-state index contributed by atoms with van der Waals surface area (Å²) in [5.41, 5.74) is 0. The van der Waals surface area contributed by atoms with Crippen molar-refractivity contribution >= 4 is 16.2 Å². The SMILES string of the molecule is CC(CC1CCN(S(=O)(=O)N(C)C2CCOCC2)CC1)C(=O)O. The van der Waals surface area contributed by atoms with Crippen LogP contribution in [0.4, 0.5) is 0 Å². The molecule has 2 aliphatic heterocycles. The smallest absolute Gasteiger partial charge is 0.306 e. The first-order chi connectivity index (χ1) is 10.8. The fourth-order valence-corrected chi connectivity index (χ4v) is 5.02. The quantitative estimate of drug-likeness (QED) is 0.778. The van der Waals surface area contributed by atoms with Gasteiger partial charge in [-0.3, -0.25) is 4.79 Å². The van der Waals surface area contributed by atoms with Gasteiger partial charge in [0.1, 0.15) is 0 Å². The highest BCUT2D eigenvalue weighted by Gasteiger charge is 2.35. The van der Waals surface area contributed by atoms with Crippen molar-refractivity contribution < 1.29 is 23.1 Å². The largest absolute Gasteiger partial charge is 0.481 e. The molecule has 134 valence electrons. The molecule has 2 fully saturated rings. The topological polar surface area (TPSA) is 87.2 Å². The fourth-order valence-electron chi connectivity index (χ4n) is 3.40. The van der Waals surface area contributed by atoms with E-state index in [9.17, 15) is 13.2 Å². The number of rotatable bonds is 6. The first-order valence-electron chi connectivity index (χ1n) is 8.36. The number of piperidine rings is 1. The Labute approximate surface area is 138 Å². The van der Waals surface area contributed by atoms with Crippen molar-refractivity contribution in [3.05, 3.63) is 0 Å². The van der Waals surface area contributed by atoms with E-state index in [0.29, 0.717) is 38.6 Å². The normalized spacial score (nSPS) is 24.0. The highest BCUT2D eigenvalue weighted by Crippen LogP contribution is 2.27. The van der Waals surface area contributed by atoms with E-state index < -0.39 is 16.2 Å². The van der Waals surface area contributed by atoms with Gasteiger partial charge in [-0.1, -0.05) is 6.92 Å². The van der Waals surface area contributed by atoms with Crippen LogP contribution in [0, 0.1) is 11.8 Å². The molecule has 23 heavy (non-hydrogen) atoms. The molecule has 1 atom stereocenters. The van der Waals surface area contributed by atoms with Crippen LogP contribution in [0.15, 0.2) is 0 Å². The van der Waals surface area contributed by atoms with Crippen LogP contribution in [0.3, 0.4) is 0 Å². The van der Waals surface area contributed by atoms with Gasteiger partial charge in [-0.2, -0.15) is 17.0 Å². The van der Waals surface area contributed by atoms with Crippen LogP contribution in [0.2, 0.25) is 0 Å². The molecule has 0 saturated carbocycles. The molecule has 1 unspecified atom stereocenters. The number of hydrogen-bond donors (Lipinski definition) is 1. The molecule has 2 saturated heterocycles. The summed E-state index contributed by atoms with van der Waals surface area (Å²) in [5, 5.41) is 8.99. The van der Waals surface area contributed by atoms with Crippen LogP contribution in [-0.4, -0.2) is 67.5 Å². The predicted octanol–water partition coefficient (Wildman–Crippen LogP) is 1.16. The van der Waals surface area contributed by atoms with Gasteiger partial charge in [-0.25, -0.2) is 0 Å². The van der Waals surface area contributed by atoms with Crippen LogP contribution in [0.5, 0.6) is 0 Å². The summed E-state index contributed by atoms with van der Waals surface area (Å²) in [6.45, 7) is 3.89. The van der Waals surface area contributed by atoms with Crippen molar-refractivity contribution in [3.63, 3.8) is 0 Å². The van der Waals surface area contributed by atoms with Gasteiger partial charge >= 0.3 is 5.97 Å². The number of carboxylic acid groups (broad SMARTS) is 1. The Balaban J connectivity index is 1.89. The Morgan fingerprint density at radius 2 is 1.83 bits per heavy atom. The fraction of sp³-hybridized carbons (Fsp3) is 0.933. The van der Waals surface area contributed by atoms with Crippen molar-refractivity contribution in [2.75, 3.05) is 33.4 Å². The highest BCUT2D eigenvalue weighted by atomic mass is 32.2. The molecule has 2 heterocycles. The van der Waals surface area contributed by atoms with E-state index in [1.165, 1.54) is 4.31 Å². The van der Waals surface area contributed by atoms with Crippen LogP contribution < -0.4 is 0 Å². The van der Waals surface area contributed by atoms with Crippen LogP contribution in [-0.2, 0) is 19.7 Å². The summed E-state index contributed by atoms with van der Waals surface area (Å²) in [6.07, 6.45) is 3.57. The molecule has 0 amide bonds. The third kappa shape index (κ3) is 4.65. The van der Waals surface area contributed by atoms with E-state index in [2.05, 4.69) is 0 Å². The zero-order chi connectivity index (χ0) is 17.0. The van der Waals surface area contributed by atoms with Crippen LogP contribution in [0.1, 0.15) is 39.0 Å². The van der Waals surface area contributed by atoms with Gasteiger partial charge in [0.2, 0.25) is 0 Å². The zero-order valence-electron chi connectivity index (χ0n) is 14.0. The molecule has 2 aliphatic rings. The zero-order valence-corrected chi connectivity index (χ0v) is 14.8. The van der Waals surface area contributed by atoms with E-state index >= 15 is 0 Å². The van der Waals surface area contributed by atoms with E-state index in [-0.39, 0.29) is 12.0 Å². The standard InChI is InChI=1S/C15H28N2O5S/c1-12(15(18)19)11-13-3-7-17(8-4-13)23(20,21)16(2)14-5-9-22-10-6-14/h12-14H,3-11H2,1-2H3,(H,18,19). The van der Waals surface area contributed by atoms with Gasteiger partial charge < -0.3 is 9.84 Å². The molecule has 0 aromatic carbocycles. The van der Waals surface area contributed by atoms with Gasteiger partial charge in [0.05, 0.1) is 5.92 Å². The molecule has 0 radical (unpaired) electrons. The molecule has 1 N–H and O–H groups in total. The lowest BCUT2D eigenvalue weighted by Crippen LogP contribution is -2.50. The minimum atomic E-state index is -3.44. The Hall–Kier alpha value is -0.700. The average Bonchev–Trinajstić information content (AvgIpc) is 2.55. The minimum absolute atomic E-state index is 0.0125. The van der Waals surface area contributed by atoms with Gasteiger partial charge in [-0.05, 0) is 38.0 Å². The summed E-state index contributed by atoms with van der Waals surface area (Å²) >= 11 is 0. The summed E-state index contributed by atoms with van der Waals surface area (Å²) in [4.78, 5) is 10.9. The molecule has 0 aliphatic carbocycles. The van der Waals surface area contributed by atoms with Gasteiger partial charge in [-0.15, -0.1) is 0 Å². The molecule has 0 aromatic rings. The lowest BCUT2D eigenvalue weighted by Gasteiger charge is -2.37. The highest BCUT2D eigenvalue weighted by molar-refractivity contribution is 7.86. The molecule has 2 rings (SSSR count). The molecule has 8 heteroatoms. The monoisotopic (exact) mass is 348 g/mol. The maximum absolute atomic E-state index is 12.7.